The summed E-state index contributed by atoms with van der Waals surface area (Å²) < 4.78 is 10.5. The molecule has 2 aliphatic rings. The molecule has 0 aliphatic carbocycles. The molecule has 1 amide bonds. The Morgan fingerprint density at radius 3 is 2.17 bits per heavy atom. The van der Waals surface area contributed by atoms with E-state index < -0.39 is 23.1 Å². The third-order valence-corrected chi connectivity index (χ3v) is 5.97. The third kappa shape index (κ3) is 3.64. The molecule has 0 radical (unpaired) electrons. The lowest BCUT2D eigenvalue weighted by Crippen LogP contribution is -2.40. The molecule has 29 heavy (non-hydrogen) atoms. The number of esters is 2. The maximum atomic E-state index is 13.0. The van der Waals surface area contributed by atoms with Gasteiger partial charge in [0, 0.05) is 0 Å². The van der Waals surface area contributed by atoms with Crippen LogP contribution in [-0.2, 0) is 23.9 Å². The molecule has 0 unspecified atom stereocenters. The van der Waals surface area contributed by atoms with Crippen molar-refractivity contribution >= 4 is 29.6 Å². The number of rotatable bonds is 5. The predicted octanol–water partition coefficient (Wildman–Crippen LogP) is 2.56. The molecule has 1 saturated heterocycles. The van der Waals surface area contributed by atoms with Gasteiger partial charge in [0.1, 0.15) is 5.82 Å². The molecule has 154 valence electrons. The van der Waals surface area contributed by atoms with Crippen LogP contribution in [0.1, 0.15) is 37.8 Å². The van der Waals surface area contributed by atoms with Crippen molar-refractivity contribution in [2.45, 2.75) is 38.9 Å². The Morgan fingerprint density at radius 1 is 1.07 bits per heavy atom. The topological polar surface area (TPSA) is 98.9 Å². The molecule has 2 aliphatic heterocycles. The average molecular weight is 416 g/mol. The quantitative estimate of drug-likeness (QED) is 0.737. The Balaban J connectivity index is 2.28. The molecule has 2 atom stereocenters. The first-order valence-corrected chi connectivity index (χ1v) is 10.3. The number of fused-ring (bicyclic) bond motifs is 1. The molecular weight excluding hydrogens is 392 g/mol. The van der Waals surface area contributed by atoms with Crippen molar-refractivity contribution in [3.05, 3.63) is 57.4 Å². The molecule has 1 aromatic rings. The van der Waals surface area contributed by atoms with Gasteiger partial charge in [-0.1, -0.05) is 41.6 Å². The summed E-state index contributed by atoms with van der Waals surface area (Å²) in [6, 6.07) is 7.47. The van der Waals surface area contributed by atoms with E-state index in [1.807, 2.05) is 31.2 Å². The maximum absolute atomic E-state index is 13.0. The maximum Gasteiger partial charge on any atom is 0.338 e. The lowest BCUT2D eigenvalue weighted by atomic mass is 9.82. The summed E-state index contributed by atoms with van der Waals surface area (Å²) in [5.41, 5.74) is 8.36. The van der Waals surface area contributed by atoms with Crippen LogP contribution in [0.4, 0.5) is 0 Å². The van der Waals surface area contributed by atoms with E-state index in [1.54, 1.807) is 20.8 Å². The zero-order valence-corrected chi connectivity index (χ0v) is 17.7. The number of carbonyl (C=O) groups excluding carboxylic acids is 3. The highest BCUT2D eigenvalue weighted by atomic mass is 32.2. The molecule has 0 bridgehead atoms. The van der Waals surface area contributed by atoms with E-state index in [2.05, 4.69) is 0 Å². The second kappa shape index (κ2) is 8.32. The summed E-state index contributed by atoms with van der Waals surface area (Å²) in [5.74, 6) is -2.31. The second-order valence-electron chi connectivity index (χ2n) is 6.74. The minimum absolute atomic E-state index is 0.000997. The largest absolute Gasteiger partial charge is 0.463 e. The lowest BCUT2D eigenvalue weighted by molar-refractivity contribution is -0.139. The summed E-state index contributed by atoms with van der Waals surface area (Å²) in [6.07, 6.45) is 0. The smallest absolute Gasteiger partial charge is 0.338 e. The first-order chi connectivity index (χ1) is 13.8. The Morgan fingerprint density at radius 2 is 1.62 bits per heavy atom. The summed E-state index contributed by atoms with van der Waals surface area (Å²) in [4.78, 5) is 39.9. The van der Waals surface area contributed by atoms with Gasteiger partial charge in [0.15, 0.2) is 0 Å². The van der Waals surface area contributed by atoms with Gasteiger partial charge in [0.05, 0.1) is 40.6 Å². The number of hydrogen-bond acceptors (Lipinski definition) is 7. The van der Waals surface area contributed by atoms with Crippen molar-refractivity contribution < 1.29 is 23.9 Å². The number of benzene rings is 1. The first-order valence-electron chi connectivity index (χ1n) is 9.46. The van der Waals surface area contributed by atoms with Gasteiger partial charge < -0.3 is 15.2 Å². The van der Waals surface area contributed by atoms with Crippen LogP contribution in [0.15, 0.2) is 46.3 Å². The Kier molecular flexibility index (Phi) is 6.02. The predicted molar refractivity (Wildman–Crippen MR) is 109 cm³/mol. The Hall–Kier alpha value is -2.74. The number of nitrogens with two attached hydrogens (primary N) is 1. The van der Waals surface area contributed by atoms with E-state index in [9.17, 15) is 14.4 Å². The fourth-order valence-electron chi connectivity index (χ4n) is 3.44. The molecule has 0 saturated carbocycles. The Bertz CT molecular complexity index is 920. The van der Waals surface area contributed by atoms with Crippen LogP contribution < -0.4 is 5.73 Å². The third-order valence-electron chi connectivity index (χ3n) is 4.79. The molecule has 1 aromatic carbocycles. The van der Waals surface area contributed by atoms with Gasteiger partial charge in [-0.3, -0.25) is 9.69 Å². The van der Waals surface area contributed by atoms with E-state index >= 15 is 0 Å². The van der Waals surface area contributed by atoms with Crippen molar-refractivity contribution in [3.8, 4) is 0 Å². The number of ether oxygens (including phenoxy) is 2. The molecule has 2 N–H and O–H groups in total. The monoisotopic (exact) mass is 416 g/mol. The normalized spacial score (nSPS) is 21.4. The summed E-state index contributed by atoms with van der Waals surface area (Å²) in [6.45, 7) is 7.38. The molecule has 1 fully saturated rings. The van der Waals surface area contributed by atoms with Crippen LogP contribution in [0.3, 0.4) is 0 Å². The van der Waals surface area contributed by atoms with Gasteiger partial charge >= 0.3 is 11.9 Å². The van der Waals surface area contributed by atoms with Crippen molar-refractivity contribution in [1.29, 1.82) is 0 Å². The van der Waals surface area contributed by atoms with Gasteiger partial charge in [0.2, 0.25) is 5.91 Å². The van der Waals surface area contributed by atoms with Crippen molar-refractivity contribution in [2.75, 3.05) is 13.2 Å². The van der Waals surface area contributed by atoms with Crippen molar-refractivity contribution in [2.24, 2.45) is 5.73 Å². The molecular formula is C21H24N2O5S. The van der Waals surface area contributed by atoms with Crippen LogP contribution in [0.2, 0.25) is 0 Å². The molecule has 0 aromatic heterocycles. The van der Waals surface area contributed by atoms with E-state index in [0.29, 0.717) is 10.6 Å². The van der Waals surface area contributed by atoms with Crippen LogP contribution in [0.25, 0.3) is 0 Å². The summed E-state index contributed by atoms with van der Waals surface area (Å²) in [7, 11) is 0. The number of hydrogen-bond donors (Lipinski definition) is 1. The Labute approximate surface area is 173 Å². The lowest BCUT2D eigenvalue weighted by Gasteiger charge is -2.33. The van der Waals surface area contributed by atoms with Gasteiger partial charge in [-0.25, -0.2) is 9.59 Å². The minimum atomic E-state index is -0.787. The molecule has 7 nitrogen and oxygen atoms in total. The number of nitrogens with zero attached hydrogens (tertiary/aromatic N) is 1. The zero-order chi connectivity index (χ0) is 21.3. The molecule has 2 heterocycles. The standard InChI is InChI=1S/C21H24N2O5S/c1-5-27-20(25)15-14(13-9-7-11(3)8-10-13)16(21(26)28-6-2)19-23(17(15)22)18(24)12(4)29-19/h7-10,12,14H,5-6,22H2,1-4H3/t12-,14+/m1/s1. The number of amides is 1. The number of thioether (sulfide) groups is 1. The summed E-state index contributed by atoms with van der Waals surface area (Å²) in [5, 5.41) is -0.0229. The molecule has 3 rings (SSSR count). The second-order valence-corrected chi connectivity index (χ2v) is 8.07. The highest BCUT2D eigenvalue weighted by Crippen LogP contribution is 2.49. The first kappa shape index (κ1) is 21.0. The fraction of sp³-hybridized carbons (Fsp3) is 0.381. The van der Waals surface area contributed by atoms with Crippen molar-refractivity contribution in [3.63, 3.8) is 0 Å². The average Bonchev–Trinajstić information content (AvgIpc) is 2.97. The van der Waals surface area contributed by atoms with Crippen LogP contribution in [-0.4, -0.2) is 41.2 Å². The van der Waals surface area contributed by atoms with Gasteiger partial charge in [-0.2, -0.15) is 0 Å². The SMILES string of the molecule is CCOC(=O)C1=C(N)N2C(=O)[C@@H](C)SC2=C(C(=O)OCC)[C@H]1c1ccc(C)cc1. The van der Waals surface area contributed by atoms with Crippen LogP contribution in [0, 0.1) is 6.92 Å². The summed E-state index contributed by atoms with van der Waals surface area (Å²) >= 11 is 1.24. The van der Waals surface area contributed by atoms with E-state index in [1.165, 1.54) is 16.7 Å². The minimum Gasteiger partial charge on any atom is -0.463 e. The van der Waals surface area contributed by atoms with E-state index in [-0.39, 0.29) is 36.1 Å². The number of carbonyl (C=O) groups is 3. The molecule has 8 heteroatoms. The fourth-order valence-corrected chi connectivity index (χ4v) is 4.60. The van der Waals surface area contributed by atoms with Crippen LogP contribution >= 0.6 is 11.8 Å². The number of aryl methyl sites for hydroxylation is 1. The van der Waals surface area contributed by atoms with Crippen LogP contribution in [0.5, 0.6) is 0 Å². The van der Waals surface area contributed by atoms with Crippen molar-refractivity contribution in [1.82, 2.24) is 4.90 Å². The van der Waals surface area contributed by atoms with Gasteiger partial charge in [-0.15, -0.1) is 0 Å². The van der Waals surface area contributed by atoms with Gasteiger partial charge in [-0.05, 0) is 33.3 Å². The van der Waals surface area contributed by atoms with E-state index in [0.717, 1.165) is 5.56 Å². The zero-order valence-electron chi connectivity index (χ0n) is 16.9. The highest BCUT2D eigenvalue weighted by molar-refractivity contribution is 8.04. The van der Waals surface area contributed by atoms with E-state index in [4.69, 9.17) is 15.2 Å². The highest BCUT2D eigenvalue weighted by Gasteiger charge is 2.49. The van der Waals surface area contributed by atoms with Gasteiger partial charge in [0.25, 0.3) is 0 Å². The molecule has 0 spiro atoms.